The first-order valence-corrected chi connectivity index (χ1v) is 6.51. The Morgan fingerprint density at radius 2 is 2.29 bits per heavy atom. The first-order chi connectivity index (χ1) is 8.09. The molecule has 0 spiro atoms. The van der Waals surface area contributed by atoms with E-state index >= 15 is 0 Å². The van der Waals surface area contributed by atoms with E-state index in [1.807, 2.05) is 0 Å². The summed E-state index contributed by atoms with van der Waals surface area (Å²) in [6.07, 6.45) is 3.83. The van der Waals surface area contributed by atoms with Crippen molar-refractivity contribution >= 4 is 22.0 Å². The summed E-state index contributed by atoms with van der Waals surface area (Å²) in [5.41, 5.74) is 6.67. The predicted octanol–water partition coefficient (Wildman–Crippen LogP) is 2.81. The van der Waals surface area contributed by atoms with E-state index in [0.29, 0.717) is 21.7 Å². The molecule has 0 aromatic carbocycles. The summed E-state index contributed by atoms with van der Waals surface area (Å²) in [7, 11) is 1.58. The van der Waals surface area contributed by atoms with Crippen molar-refractivity contribution < 1.29 is 4.74 Å². The molecule has 1 aromatic rings. The van der Waals surface area contributed by atoms with Crippen LogP contribution < -0.4 is 15.8 Å². The highest BCUT2D eigenvalue weighted by molar-refractivity contribution is 7.17. The van der Waals surface area contributed by atoms with Crippen molar-refractivity contribution in [3.05, 3.63) is 4.88 Å². The van der Waals surface area contributed by atoms with E-state index in [2.05, 4.69) is 18.3 Å². The van der Waals surface area contributed by atoms with Gasteiger partial charge in [-0.2, -0.15) is 5.26 Å². The second-order valence-corrected chi connectivity index (χ2v) is 5.86. The number of anilines is 2. The standard InChI is InChI=1S/C12H17N3OS/c1-12(4-3-5-12)7-15-11-10(16-2)9(14)8(6-13)17-11/h15H,3-5,7,14H2,1-2H3. The molecule has 5 heteroatoms. The van der Waals surface area contributed by atoms with Crippen molar-refractivity contribution in [1.82, 2.24) is 0 Å². The van der Waals surface area contributed by atoms with Gasteiger partial charge in [-0.25, -0.2) is 0 Å². The Kier molecular flexibility index (Phi) is 3.16. The van der Waals surface area contributed by atoms with Crippen LogP contribution in [0.5, 0.6) is 5.75 Å². The van der Waals surface area contributed by atoms with Gasteiger partial charge in [0.1, 0.15) is 21.6 Å². The molecule has 1 fully saturated rings. The third-order valence-electron chi connectivity index (χ3n) is 3.44. The number of hydrogen-bond donors (Lipinski definition) is 2. The largest absolute Gasteiger partial charge is 0.492 e. The van der Waals surface area contributed by atoms with E-state index in [4.69, 9.17) is 15.7 Å². The SMILES string of the molecule is COc1c(NCC2(C)CCC2)sc(C#N)c1N. The molecule has 92 valence electrons. The fourth-order valence-electron chi connectivity index (χ4n) is 2.08. The number of nitriles is 1. The topological polar surface area (TPSA) is 71.1 Å². The summed E-state index contributed by atoms with van der Waals surface area (Å²) in [6.45, 7) is 3.19. The van der Waals surface area contributed by atoms with Crippen LogP contribution >= 0.6 is 11.3 Å². The zero-order valence-corrected chi connectivity index (χ0v) is 11.0. The van der Waals surface area contributed by atoms with Crippen molar-refractivity contribution in [1.29, 1.82) is 5.26 Å². The summed E-state index contributed by atoms with van der Waals surface area (Å²) < 4.78 is 5.25. The zero-order valence-electron chi connectivity index (χ0n) is 10.2. The molecular formula is C12H17N3OS. The van der Waals surface area contributed by atoms with Crippen LogP contribution in [0.15, 0.2) is 0 Å². The maximum absolute atomic E-state index is 8.93. The fraction of sp³-hybridized carbons (Fsp3) is 0.583. The minimum absolute atomic E-state index is 0.385. The van der Waals surface area contributed by atoms with Gasteiger partial charge in [0.2, 0.25) is 0 Å². The zero-order chi connectivity index (χ0) is 12.5. The van der Waals surface area contributed by atoms with E-state index in [1.54, 1.807) is 7.11 Å². The molecule has 0 amide bonds. The maximum atomic E-state index is 8.93. The van der Waals surface area contributed by atoms with Gasteiger partial charge >= 0.3 is 0 Å². The van der Waals surface area contributed by atoms with Crippen LogP contribution in [-0.2, 0) is 0 Å². The lowest BCUT2D eigenvalue weighted by Crippen LogP contribution is -2.33. The molecule has 3 N–H and O–H groups in total. The van der Waals surface area contributed by atoms with Gasteiger partial charge in [-0.1, -0.05) is 13.3 Å². The van der Waals surface area contributed by atoms with Crippen LogP contribution in [-0.4, -0.2) is 13.7 Å². The number of hydrogen-bond acceptors (Lipinski definition) is 5. The highest BCUT2D eigenvalue weighted by Crippen LogP contribution is 2.45. The predicted molar refractivity (Wildman–Crippen MR) is 70.4 cm³/mol. The molecule has 4 nitrogen and oxygen atoms in total. The summed E-state index contributed by atoms with van der Waals surface area (Å²) in [5.74, 6) is 0.606. The molecule has 0 saturated heterocycles. The normalized spacial score (nSPS) is 17.0. The first kappa shape index (κ1) is 12.1. The van der Waals surface area contributed by atoms with Crippen molar-refractivity contribution in [2.45, 2.75) is 26.2 Å². The van der Waals surface area contributed by atoms with Crippen molar-refractivity contribution in [3.63, 3.8) is 0 Å². The maximum Gasteiger partial charge on any atom is 0.177 e. The van der Waals surface area contributed by atoms with Gasteiger partial charge in [0.15, 0.2) is 5.75 Å². The Balaban J connectivity index is 2.12. The van der Waals surface area contributed by atoms with Gasteiger partial charge in [-0.15, -0.1) is 11.3 Å². The second kappa shape index (κ2) is 4.46. The van der Waals surface area contributed by atoms with Crippen LogP contribution in [0.3, 0.4) is 0 Å². The number of thiophene rings is 1. The number of nitrogen functional groups attached to an aromatic ring is 1. The minimum Gasteiger partial charge on any atom is -0.492 e. The average Bonchev–Trinajstić information content (AvgIpc) is 2.60. The summed E-state index contributed by atoms with van der Waals surface area (Å²) in [5, 5.41) is 13.2. The molecule has 0 aliphatic heterocycles. The number of nitrogens with one attached hydrogen (secondary N) is 1. The minimum atomic E-state index is 0.385. The molecule has 0 radical (unpaired) electrons. The number of nitrogens with zero attached hydrogens (tertiary/aromatic N) is 1. The number of methoxy groups -OCH3 is 1. The van der Waals surface area contributed by atoms with E-state index in [9.17, 15) is 0 Å². The Morgan fingerprint density at radius 3 is 2.76 bits per heavy atom. The lowest BCUT2D eigenvalue weighted by Gasteiger charge is -2.38. The van der Waals surface area contributed by atoms with Crippen molar-refractivity contribution in [2.24, 2.45) is 5.41 Å². The molecule has 1 aromatic heterocycles. The van der Waals surface area contributed by atoms with Crippen molar-refractivity contribution in [3.8, 4) is 11.8 Å². The lowest BCUT2D eigenvalue weighted by atomic mass is 9.70. The van der Waals surface area contributed by atoms with Crippen LogP contribution in [0, 0.1) is 16.7 Å². The van der Waals surface area contributed by atoms with Crippen LogP contribution in [0.25, 0.3) is 0 Å². The quantitative estimate of drug-likeness (QED) is 0.863. The third-order valence-corrected chi connectivity index (χ3v) is 4.49. The monoisotopic (exact) mass is 251 g/mol. The molecule has 1 heterocycles. The lowest BCUT2D eigenvalue weighted by molar-refractivity contribution is 0.180. The van der Waals surface area contributed by atoms with Gasteiger partial charge in [0.05, 0.1) is 7.11 Å². The number of ether oxygens (including phenoxy) is 1. The van der Waals surface area contributed by atoms with Crippen LogP contribution in [0.1, 0.15) is 31.1 Å². The first-order valence-electron chi connectivity index (χ1n) is 5.70. The summed E-state index contributed by atoms with van der Waals surface area (Å²) in [6, 6.07) is 2.09. The van der Waals surface area contributed by atoms with E-state index in [1.165, 1.54) is 30.6 Å². The van der Waals surface area contributed by atoms with E-state index in [0.717, 1.165) is 11.5 Å². The third kappa shape index (κ3) is 2.18. The molecule has 1 aliphatic rings. The fourth-order valence-corrected chi connectivity index (χ4v) is 2.96. The molecule has 1 aliphatic carbocycles. The average molecular weight is 251 g/mol. The molecule has 1 saturated carbocycles. The van der Waals surface area contributed by atoms with Gasteiger partial charge in [0, 0.05) is 6.54 Å². The number of rotatable bonds is 4. The van der Waals surface area contributed by atoms with Crippen LogP contribution in [0.2, 0.25) is 0 Å². The van der Waals surface area contributed by atoms with Gasteiger partial charge in [-0.3, -0.25) is 0 Å². The summed E-state index contributed by atoms with van der Waals surface area (Å²) >= 11 is 1.36. The van der Waals surface area contributed by atoms with Gasteiger partial charge < -0.3 is 15.8 Å². The highest BCUT2D eigenvalue weighted by atomic mass is 32.1. The summed E-state index contributed by atoms with van der Waals surface area (Å²) in [4.78, 5) is 0.517. The molecule has 2 rings (SSSR count). The Labute approximate surface area is 105 Å². The molecule has 0 atom stereocenters. The van der Waals surface area contributed by atoms with Crippen LogP contribution in [0.4, 0.5) is 10.7 Å². The van der Waals surface area contributed by atoms with Gasteiger partial charge in [-0.05, 0) is 18.3 Å². The van der Waals surface area contributed by atoms with E-state index in [-0.39, 0.29) is 0 Å². The molecule has 17 heavy (non-hydrogen) atoms. The van der Waals surface area contributed by atoms with Crippen molar-refractivity contribution in [2.75, 3.05) is 24.7 Å². The molecule has 0 bridgehead atoms. The second-order valence-electron chi connectivity index (χ2n) is 4.84. The Bertz CT molecular complexity index is 457. The van der Waals surface area contributed by atoms with Gasteiger partial charge in [0.25, 0.3) is 0 Å². The number of nitrogens with two attached hydrogens (primary N) is 1. The van der Waals surface area contributed by atoms with E-state index < -0.39 is 0 Å². The highest BCUT2D eigenvalue weighted by Gasteiger charge is 2.32. The smallest absolute Gasteiger partial charge is 0.177 e. The molecular weight excluding hydrogens is 234 g/mol. The Morgan fingerprint density at radius 1 is 1.59 bits per heavy atom. The Hall–Kier alpha value is -1.41. The molecule has 0 unspecified atom stereocenters.